The van der Waals surface area contributed by atoms with Gasteiger partial charge in [0.15, 0.2) is 0 Å². The third kappa shape index (κ3) is 2.59. The third-order valence-electron chi connectivity index (χ3n) is 4.33. The van der Waals surface area contributed by atoms with Gasteiger partial charge in [0.25, 0.3) is 0 Å². The molecule has 0 saturated carbocycles. The van der Waals surface area contributed by atoms with Crippen molar-refractivity contribution in [1.29, 1.82) is 0 Å². The zero-order valence-electron chi connectivity index (χ0n) is 13.4. The number of hydrogen-bond acceptors (Lipinski definition) is 3. The van der Waals surface area contributed by atoms with E-state index in [4.69, 9.17) is 4.98 Å². The highest BCUT2D eigenvalue weighted by Crippen LogP contribution is 2.33. The fourth-order valence-electron chi connectivity index (χ4n) is 3.05. The standard InChI is InChI=1S/C22H14N2S/c1-2-6-15(7-3-1)16-10-11-21-20(13-16)24-22(25-21)18-12-17-8-4-5-9-19(17)23-14-18/h1-14H. The molecule has 0 atom stereocenters. The van der Waals surface area contributed by atoms with Gasteiger partial charge in [-0.1, -0.05) is 54.6 Å². The van der Waals surface area contributed by atoms with Crippen molar-refractivity contribution in [3.8, 4) is 21.7 Å². The number of pyridine rings is 1. The molecular weight excluding hydrogens is 324 g/mol. The number of fused-ring (bicyclic) bond motifs is 2. The van der Waals surface area contributed by atoms with E-state index in [0.717, 1.165) is 27.0 Å². The van der Waals surface area contributed by atoms with Crippen LogP contribution in [-0.4, -0.2) is 9.97 Å². The van der Waals surface area contributed by atoms with Crippen LogP contribution in [0.5, 0.6) is 0 Å². The quantitative estimate of drug-likeness (QED) is 0.384. The predicted octanol–water partition coefficient (Wildman–Crippen LogP) is 6.18. The fraction of sp³-hybridized carbons (Fsp3) is 0. The number of rotatable bonds is 2. The summed E-state index contributed by atoms with van der Waals surface area (Å²) in [5.74, 6) is 0. The topological polar surface area (TPSA) is 25.8 Å². The number of hydrogen-bond donors (Lipinski definition) is 0. The second-order valence-corrected chi connectivity index (χ2v) is 7.01. The van der Waals surface area contributed by atoms with Crippen LogP contribution in [0.25, 0.3) is 42.8 Å². The van der Waals surface area contributed by atoms with Crippen LogP contribution in [-0.2, 0) is 0 Å². The molecule has 0 amide bonds. The van der Waals surface area contributed by atoms with Crippen molar-refractivity contribution in [2.45, 2.75) is 0 Å². The lowest BCUT2D eigenvalue weighted by Gasteiger charge is -2.00. The Hall–Kier alpha value is -3.04. The van der Waals surface area contributed by atoms with Crippen molar-refractivity contribution >= 4 is 32.5 Å². The van der Waals surface area contributed by atoms with Crippen molar-refractivity contribution in [1.82, 2.24) is 9.97 Å². The van der Waals surface area contributed by atoms with Crippen LogP contribution in [0, 0.1) is 0 Å². The molecule has 0 aliphatic carbocycles. The SMILES string of the molecule is c1ccc(-c2ccc3sc(-c4cnc5ccccc5c4)nc3c2)cc1. The van der Waals surface area contributed by atoms with Crippen molar-refractivity contribution in [3.05, 3.63) is 85.1 Å². The average Bonchev–Trinajstić information content (AvgIpc) is 3.11. The molecule has 3 aromatic carbocycles. The Morgan fingerprint density at radius 3 is 2.40 bits per heavy atom. The van der Waals surface area contributed by atoms with Crippen molar-refractivity contribution < 1.29 is 0 Å². The molecule has 0 aliphatic rings. The number of para-hydroxylation sites is 1. The van der Waals surface area contributed by atoms with Crippen LogP contribution < -0.4 is 0 Å². The van der Waals surface area contributed by atoms with Crippen LogP contribution in [0.4, 0.5) is 0 Å². The first-order valence-corrected chi connectivity index (χ1v) is 9.00. The zero-order chi connectivity index (χ0) is 16.6. The molecule has 0 N–H and O–H groups in total. The molecule has 0 aliphatic heterocycles. The van der Waals surface area contributed by atoms with E-state index in [1.54, 1.807) is 11.3 Å². The van der Waals surface area contributed by atoms with Crippen molar-refractivity contribution in [2.75, 3.05) is 0 Å². The average molecular weight is 338 g/mol. The van der Waals surface area contributed by atoms with E-state index in [9.17, 15) is 0 Å². The molecule has 0 saturated heterocycles. The second kappa shape index (κ2) is 5.80. The van der Waals surface area contributed by atoms with Crippen LogP contribution in [0.1, 0.15) is 0 Å². The van der Waals surface area contributed by atoms with Crippen LogP contribution in [0.3, 0.4) is 0 Å². The number of aromatic nitrogens is 2. The molecule has 0 unspecified atom stereocenters. The van der Waals surface area contributed by atoms with Crippen molar-refractivity contribution in [3.63, 3.8) is 0 Å². The van der Waals surface area contributed by atoms with Crippen LogP contribution in [0.15, 0.2) is 85.1 Å². The van der Waals surface area contributed by atoms with Gasteiger partial charge in [-0.05, 0) is 35.4 Å². The van der Waals surface area contributed by atoms with Gasteiger partial charge in [0.1, 0.15) is 5.01 Å². The smallest absolute Gasteiger partial charge is 0.126 e. The second-order valence-electron chi connectivity index (χ2n) is 5.98. The third-order valence-corrected chi connectivity index (χ3v) is 5.42. The molecule has 25 heavy (non-hydrogen) atoms. The van der Waals surface area contributed by atoms with Gasteiger partial charge in [-0.15, -0.1) is 11.3 Å². The minimum atomic E-state index is 1.01. The van der Waals surface area contributed by atoms with Gasteiger partial charge in [-0.25, -0.2) is 4.98 Å². The highest BCUT2D eigenvalue weighted by Gasteiger charge is 2.09. The summed E-state index contributed by atoms with van der Waals surface area (Å²) in [6.07, 6.45) is 1.91. The summed E-state index contributed by atoms with van der Waals surface area (Å²) in [5, 5.41) is 2.16. The van der Waals surface area contributed by atoms with Crippen LogP contribution in [0.2, 0.25) is 0 Å². The summed E-state index contributed by atoms with van der Waals surface area (Å²) >= 11 is 1.71. The molecule has 118 valence electrons. The summed E-state index contributed by atoms with van der Waals surface area (Å²) in [6, 6.07) is 27.2. The van der Waals surface area contributed by atoms with Gasteiger partial charge in [0.05, 0.1) is 15.7 Å². The van der Waals surface area contributed by atoms with E-state index in [-0.39, 0.29) is 0 Å². The highest BCUT2D eigenvalue weighted by atomic mass is 32.1. The Morgan fingerprint density at radius 2 is 1.48 bits per heavy atom. The molecule has 5 rings (SSSR count). The number of benzene rings is 3. The largest absolute Gasteiger partial charge is 0.256 e. The summed E-state index contributed by atoms with van der Waals surface area (Å²) in [6.45, 7) is 0. The van der Waals surface area contributed by atoms with E-state index in [1.807, 2.05) is 30.5 Å². The van der Waals surface area contributed by atoms with E-state index < -0.39 is 0 Å². The van der Waals surface area contributed by atoms with Gasteiger partial charge in [-0.3, -0.25) is 4.98 Å². The highest BCUT2D eigenvalue weighted by molar-refractivity contribution is 7.21. The minimum absolute atomic E-state index is 1.01. The molecular formula is C22H14N2S. The van der Waals surface area contributed by atoms with Gasteiger partial charge >= 0.3 is 0 Å². The molecule has 2 nitrogen and oxygen atoms in total. The lowest BCUT2D eigenvalue weighted by molar-refractivity contribution is 1.39. The summed E-state index contributed by atoms with van der Waals surface area (Å²) < 4.78 is 1.20. The Balaban J connectivity index is 1.62. The molecule has 0 bridgehead atoms. The van der Waals surface area contributed by atoms with E-state index in [2.05, 4.69) is 59.6 Å². The Kier molecular flexibility index (Phi) is 3.32. The fourth-order valence-corrected chi connectivity index (χ4v) is 3.98. The Labute approximate surface area is 149 Å². The first kappa shape index (κ1) is 14.3. The molecule has 2 heterocycles. The summed E-state index contributed by atoms with van der Waals surface area (Å²) in [4.78, 5) is 9.41. The number of thiazole rings is 1. The molecule has 5 aromatic rings. The van der Waals surface area contributed by atoms with E-state index in [1.165, 1.54) is 15.8 Å². The van der Waals surface area contributed by atoms with Crippen molar-refractivity contribution in [2.24, 2.45) is 0 Å². The van der Waals surface area contributed by atoms with Gasteiger partial charge in [0, 0.05) is 17.1 Å². The summed E-state index contributed by atoms with van der Waals surface area (Å²) in [7, 11) is 0. The minimum Gasteiger partial charge on any atom is -0.256 e. The van der Waals surface area contributed by atoms with Gasteiger partial charge < -0.3 is 0 Å². The van der Waals surface area contributed by atoms with Crippen LogP contribution >= 0.6 is 11.3 Å². The van der Waals surface area contributed by atoms with Gasteiger partial charge in [0.2, 0.25) is 0 Å². The Morgan fingerprint density at radius 1 is 0.640 bits per heavy atom. The molecule has 0 radical (unpaired) electrons. The molecule has 2 aromatic heterocycles. The monoisotopic (exact) mass is 338 g/mol. The summed E-state index contributed by atoms with van der Waals surface area (Å²) in [5.41, 5.74) is 5.53. The predicted molar refractivity (Wildman–Crippen MR) is 106 cm³/mol. The maximum absolute atomic E-state index is 4.85. The first-order chi connectivity index (χ1) is 12.4. The zero-order valence-corrected chi connectivity index (χ0v) is 14.2. The number of nitrogens with zero attached hydrogens (tertiary/aromatic N) is 2. The van der Waals surface area contributed by atoms with E-state index in [0.29, 0.717) is 0 Å². The molecule has 0 spiro atoms. The first-order valence-electron chi connectivity index (χ1n) is 8.18. The Bertz CT molecular complexity index is 1190. The van der Waals surface area contributed by atoms with Gasteiger partial charge in [-0.2, -0.15) is 0 Å². The lowest BCUT2D eigenvalue weighted by atomic mass is 10.1. The maximum Gasteiger partial charge on any atom is 0.126 e. The lowest BCUT2D eigenvalue weighted by Crippen LogP contribution is -1.82. The normalized spacial score (nSPS) is 11.2. The molecule has 0 fully saturated rings. The van der Waals surface area contributed by atoms with E-state index >= 15 is 0 Å². The molecule has 3 heteroatoms. The maximum atomic E-state index is 4.85.